The van der Waals surface area contributed by atoms with Crippen LogP contribution in [0.4, 0.5) is 4.39 Å². The van der Waals surface area contributed by atoms with Crippen LogP contribution in [0.25, 0.3) is 6.08 Å². The predicted octanol–water partition coefficient (Wildman–Crippen LogP) is 3.34. The first kappa shape index (κ1) is 12.4. The van der Waals surface area contributed by atoms with Crippen molar-refractivity contribution in [2.75, 3.05) is 0 Å². The van der Waals surface area contributed by atoms with Crippen LogP contribution in [-0.2, 0) is 4.79 Å². The van der Waals surface area contributed by atoms with Crippen molar-refractivity contribution in [3.05, 3.63) is 41.2 Å². The van der Waals surface area contributed by atoms with Gasteiger partial charge < -0.3 is 5.11 Å². The smallest absolute Gasteiger partial charge is 0.332 e. The second-order valence-corrected chi connectivity index (χ2v) is 4.67. The van der Waals surface area contributed by atoms with Gasteiger partial charge in [-0.15, -0.1) is 0 Å². The second-order valence-electron chi connectivity index (χ2n) is 4.67. The highest BCUT2D eigenvalue weighted by atomic mass is 19.1. The number of aliphatic carboxylic acids is 1. The van der Waals surface area contributed by atoms with E-state index in [1.165, 1.54) is 18.2 Å². The molecule has 0 aromatic heterocycles. The molecule has 1 aromatic rings. The van der Waals surface area contributed by atoms with E-state index in [-0.39, 0.29) is 11.4 Å². The number of hydrogen-bond donors (Lipinski definition) is 1. The highest BCUT2D eigenvalue weighted by Gasteiger charge is 2.23. The SMILES string of the molecule is CC(C)(C)/C(=C\c1cccc(F)c1)C(=O)O. The van der Waals surface area contributed by atoms with Crippen molar-refractivity contribution < 1.29 is 14.3 Å². The summed E-state index contributed by atoms with van der Waals surface area (Å²) in [6.45, 7) is 5.44. The van der Waals surface area contributed by atoms with Gasteiger partial charge in [-0.1, -0.05) is 32.9 Å². The van der Waals surface area contributed by atoms with Crippen LogP contribution in [0.1, 0.15) is 26.3 Å². The second kappa shape index (κ2) is 4.47. The molecule has 0 spiro atoms. The molecular formula is C13H15FO2. The molecule has 0 amide bonds. The summed E-state index contributed by atoms with van der Waals surface area (Å²) in [7, 11) is 0. The fourth-order valence-corrected chi connectivity index (χ4v) is 1.36. The Balaban J connectivity index is 3.18. The van der Waals surface area contributed by atoms with Crippen molar-refractivity contribution in [3.8, 4) is 0 Å². The minimum absolute atomic E-state index is 0.262. The normalized spacial score (nSPS) is 12.6. The zero-order valence-electron chi connectivity index (χ0n) is 9.62. The summed E-state index contributed by atoms with van der Waals surface area (Å²) in [5.74, 6) is -1.34. The van der Waals surface area contributed by atoms with E-state index in [0.717, 1.165) is 0 Å². The van der Waals surface area contributed by atoms with E-state index in [4.69, 9.17) is 5.11 Å². The molecule has 1 rings (SSSR count). The van der Waals surface area contributed by atoms with Gasteiger partial charge in [-0.05, 0) is 29.2 Å². The topological polar surface area (TPSA) is 37.3 Å². The lowest BCUT2D eigenvalue weighted by molar-refractivity contribution is -0.133. The van der Waals surface area contributed by atoms with Crippen LogP contribution in [-0.4, -0.2) is 11.1 Å². The third-order valence-corrected chi connectivity index (χ3v) is 2.20. The molecule has 0 bridgehead atoms. The van der Waals surface area contributed by atoms with E-state index in [2.05, 4.69) is 0 Å². The molecule has 0 radical (unpaired) electrons. The molecule has 0 heterocycles. The van der Waals surface area contributed by atoms with E-state index in [1.54, 1.807) is 12.1 Å². The first-order valence-corrected chi connectivity index (χ1v) is 5.02. The van der Waals surface area contributed by atoms with E-state index in [1.807, 2.05) is 20.8 Å². The van der Waals surface area contributed by atoms with Crippen LogP contribution < -0.4 is 0 Å². The zero-order chi connectivity index (χ0) is 12.3. The number of rotatable bonds is 2. The Kier molecular flexibility index (Phi) is 3.48. The van der Waals surface area contributed by atoms with E-state index in [0.29, 0.717) is 5.56 Å². The molecule has 0 aliphatic carbocycles. The number of carboxylic acids is 1. The molecule has 0 aliphatic heterocycles. The molecule has 0 aliphatic rings. The predicted molar refractivity (Wildman–Crippen MR) is 61.5 cm³/mol. The maximum absolute atomic E-state index is 12.9. The highest BCUT2D eigenvalue weighted by molar-refractivity contribution is 5.93. The first-order chi connectivity index (χ1) is 7.30. The number of benzene rings is 1. The molecule has 3 heteroatoms. The van der Waals surface area contributed by atoms with Crippen molar-refractivity contribution in [3.63, 3.8) is 0 Å². The summed E-state index contributed by atoms with van der Waals surface area (Å²) in [5, 5.41) is 9.08. The number of hydrogen-bond acceptors (Lipinski definition) is 1. The quantitative estimate of drug-likeness (QED) is 0.779. The Morgan fingerprint density at radius 3 is 2.44 bits per heavy atom. The van der Waals surface area contributed by atoms with Crippen molar-refractivity contribution in [2.24, 2.45) is 5.41 Å². The fourth-order valence-electron chi connectivity index (χ4n) is 1.36. The third-order valence-electron chi connectivity index (χ3n) is 2.20. The van der Waals surface area contributed by atoms with Gasteiger partial charge in [0.05, 0.1) is 0 Å². The summed E-state index contributed by atoms with van der Waals surface area (Å²) in [5.41, 5.74) is 0.350. The van der Waals surface area contributed by atoms with Gasteiger partial charge in [-0.3, -0.25) is 0 Å². The van der Waals surface area contributed by atoms with Crippen molar-refractivity contribution in [1.82, 2.24) is 0 Å². The maximum Gasteiger partial charge on any atom is 0.332 e. The lowest BCUT2D eigenvalue weighted by Crippen LogP contribution is -2.17. The van der Waals surface area contributed by atoms with Gasteiger partial charge in [-0.25, -0.2) is 9.18 Å². The van der Waals surface area contributed by atoms with Crippen LogP contribution >= 0.6 is 0 Å². The average molecular weight is 222 g/mol. The van der Waals surface area contributed by atoms with Crippen LogP contribution in [0.2, 0.25) is 0 Å². The standard InChI is InChI=1S/C13H15FO2/c1-13(2,3)11(12(15)16)8-9-5-4-6-10(14)7-9/h4-8H,1-3H3,(H,15,16)/b11-8-. The van der Waals surface area contributed by atoms with E-state index < -0.39 is 11.4 Å². The van der Waals surface area contributed by atoms with Gasteiger partial charge in [-0.2, -0.15) is 0 Å². The Morgan fingerprint density at radius 1 is 1.38 bits per heavy atom. The van der Waals surface area contributed by atoms with Gasteiger partial charge >= 0.3 is 5.97 Å². The molecule has 0 atom stereocenters. The van der Waals surface area contributed by atoms with Crippen molar-refractivity contribution in [1.29, 1.82) is 0 Å². The first-order valence-electron chi connectivity index (χ1n) is 5.02. The summed E-state index contributed by atoms with van der Waals surface area (Å²) >= 11 is 0. The summed E-state index contributed by atoms with van der Waals surface area (Å²) in [4.78, 5) is 11.1. The minimum atomic E-state index is -0.975. The number of halogens is 1. The lowest BCUT2D eigenvalue weighted by Gasteiger charge is -2.19. The number of carboxylic acid groups (broad SMARTS) is 1. The van der Waals surface area contributed by atoms with E-state index >= 15 is 0 Å². The Labute approximate surface area is 94.4 Å². The van der Waals surface area contributed by atoms with Gasteiger partial charge in [0.2, 0.25) is 0 Å². The monoisotopic (exact) mass is 222 g/mol. The van der Waals surface area contributed by atoms with Crippen LogP contribution in [0.3, 0.4) is 0 Å². The van der Waals surface area contributed by atoms with Gasteiger partial charge in [0, 0.05) is 5.57 Å². The molecule has 0 saturated carbocycles. The van der Waals surface area contributed by atoms with Gasteiger partial charge in [0.1, 0.15) is 5.82 Å². The summed E-state index contributed by atoms with van der Waals surface area (Å²) < 4.78 is 12.9. The maximum atomic E-state index is 12.9. The van der Waals surface area contributed by atoms with Crippen molar-refractivity contribution >= 4 is 12.0 Å². The van der Waals surface area contributed by atoms with Crippen molar-refractivity contribution in [2.45, 2.75) is 20.8 Å². The minimum Gasteiger partial charge on any atom is -0.478 e. The summed E-state index contributed by atoms with van der Waals surface area (Å²) in [6.07, 6.45) is 1.51. The Hall–Kier alpha value is -1.64. The van der Waals surface area contributed by atoms with Crippen LogP contribution in [0, 0.1) is 11.2 Å². The zero-order valence-corrected chi connectivity index (χ0v) is 9.62. The Morgan fingerprint density at radius 2 is 2.00 bits per heavy atom. The summed E-state index contributed by atoms with van der Waals surface area (Å²) in [6, 6.07) is 5.88. The largest absolute Gasteiger partial charge is 0.478 e. The Bertz CT molecular complexity index is 428. The van der Waals surface area contributed by atoms with Crippen LogP contribution in [0.5, 0.6) is 0 Å². The molecular weight excluding hydrogens is 207 g/mol. The fraction of sp³-hybridized carbons (Fsp3) is 0.308. The van der Waals surface area contributed by atoms with Crippen LogP contribution in [0.15, 0.2) is 29.8 Å². The third kappa shape index (κ3) is 3.19. The van der Waals surface area contributed by atoms with E-state index in [9.17, 15) is 9.18 Å². The lowest BCUT2D eigenvalue weighted by atomic mass is 9.85. The van der Waals surface area contributed by atoms with Gasteiger partial charge in [0.15, 0.2) is 0 Å². The molecule has 0 unspecified atom stereocenters. The molecule has 0 saturated heterocycles. The average Bonchev–Trinajstić information content (AvgIpc) is 2.12. The molecule has 1 N–H and O–H groups in total. The van der Waals surface area contributed by atoms with Gasteiger partial charge in [0.25, 0.3) is 0 Å². The molecule has 0 fully saturated rings. The number of carbonyl (C=O) groups is 1. The molecule has 86 valence electrons. The highest BCUT2D eigenvalue weighted by Crippen LogP contribution is 2.27. The molecule has 2 nitrogen and oxygen atoms in total. The molecule has 16 heavy (non-hydrogen) atoms. The molecule has 1 aromatic carbocycles.